The molecule has 22 heavy (non-hydrogen) atoms. The van der Waals surface area contributed by atoms with Crippen molar-refractivity contribution < 1.29 is 10.2 Å². The minimum absolute atomic E-state index is 0.175. The SMILES string of the molecule is OCCSc1c2ccccc2c(SCCO)c2ccccc12. The van der Waals surface area contributed by atoms with E-state index in [1.165, 1.54) is 31.3 Å². The number of thioether (sulfide) groups is 2. The van der Waals surface area contributed by atoms with Gasteiger partial charge in [0.2, 0.25) is 0 Å². The lowest BCUT2D eigenvalue weighted by atomic mass is 10.0. The normalized spacial score (nSPS) is 11.4. The standard InChI is InChI=1S/C18H18O2S2/c19-9-11-21-17-13-5-1-2-6-14(13)18(22-12-10-20)16-8-4-3-7-15(16)17/h1-8,19-20H,9-12H2. The van der Waals surface area contributed by atoms with Crippen LogP contribution in [-0.2, 0) is 0 Å². The summed E-state index contributed by atoms with van der Waals surface area (Å²) in [4.78, 5) is 2.46. The van der Waals surface area contributed by atoms with Crippen LogP contribution < -0.4 is 0 Å². The summed E-state index contributed by atoms with van der Waals surface area (Å²) < 4.78 is 0. The third-order valence-electron chi connectivity index (χ3n) is 3.51. The number of aliphatic hydroxyl groups excluding tert-OH is 2. The molecule has 0 saturated heterocycles. The molecular weight excluding hydrogens is 312 g/mol. The second-order valence-corrected chi connectivity index (χ2v) is 7.10. The van der Waals surface area contributed by atoms with Crippen LogP contribution in [0, 0.1) is 0 Å². The van der Waals surface area contributed by atoms with Crippen LogP contribution in [0.3, 0.4) is 0 Å². The van der Waals surface area contributed by atoms with Gasteiger partial charge in [0.1, 0.15) is 0 Å². The van der Waals surface area contributed by atoms with E-state index in [2.05, 4.69) is 48.5 Å². The van der Waals surface area contributed by atoms with Crippen LogP contribution in [0.1, 0.15) is 0 Å². The molecule has 0 saturated carbocycles. The van der Waals surface area contributed by atoms with Crippen LogP contribution in [0.25, 0.3) is 21.5 Å². The Morgan fingerprint density at radius 2 is 0.909 bits per heavy atom. The largest absolute Gasteiger partial charge is 0.396 e. The maximum absolute atomic E-state index is 9.19. The molecule has 0 aliphatic rings. The molecule has 2 N–H and O–H groups in total. The summed E-state index contributed by atoms with van der Waals surface area (Å²) in [5.41, 5.74) is 0. The Kier molecular flexibility index (Phi) is 5.26. The molecule has 3 rings (SSSR count). The zero-order valence-corrected chi connectivity index (χ0v) is 13.8. The Labute approximate surface area is 138 Å². The lowest BCUT2D eigenvalue weighted by Crippen LogP contribution is -1.92. The average molecular weight is 330 g/mol. The maximum Gasteiger partial charge on any atom is 0.0525 e. The van der Waals surface area contributed by atoms with E-state index in [-0.39, 0.29) is 13.2 Å². The molecule has 0 aliphatic carbocycles. The van der Waals surface area contributed by atoms with E-state index in [4.69, 9.17) is 0 Å². The van der Waals surface area contributed by atoms with Gasteiger partial charge in [-0.05, 0) is 21.5 Å². The summed E-state index contributed by atoms with van der Waals surface area (Å²) in [6, 6.07) is 16.8. The fraction of sp³-hybridized carbons (Fsp3) is 0.222. The number of fused-ring (bicyclic) bond motifs is 2. The highest BCUT2D eigenvalue weighted by atomic mass is 32.2. The van der Waals surface area contributed by atoms with Gasteiger partial charge in [0.15, 0.2) is 0 Å². The van der Waals surface area contributed by atoms with Crippen LogP contribution in [0.2, 0.25) is 0 Å². The molecule has 0 unspecified atom stereocenters. The van der Waals surface area contributed by atoms with Gasteiger partial charge in [-0.2, -0.15) is 0 Å². The second-order valence-electron chi connectivity index (χ2n) is 4.89. The van der Waals surface area contributed by atoms with Gasteiger partial charge in [-0.25, -0.2) is 0 Å². The summed E-state index contributed by atoms with van der Waals surface area (Å²) in [5, 5.41) is 23.3. The van der Waals surface area contributed by atoms with Crippen molar-refractivity contribution in [3.8, 4) is 0 Å². The van der Waals surface area contributed by atoms with Gasteiger partial charge < -0.3 is 10.2 Å². The van der Waals surface area contributed by atoms with Gasteiger partial charge in [0, 0.05) is 21.3 Å². The Morgan fingerprint density at radius 1 is 0.591 bits per heavy atom. The Hall–Kier alpha value is -1.20. The predicted octanol–water partition coefficient (Wildman–Crippen LogP) is 4.16. The number of hydrogen-bond donors (Lipinski definition) is 2. The van der Waals surface area contributed by atoms with Crippen molar-refractivity contribution in [1.29, 1.82) is 0 Å². The third kappa shape index (κ3) is 2.97. The fourth-order valence-corrected chi connectivity index (χ4v) is 4.58. The fourth-order valence-electron chi connectivity index (χ4n) is 2.65. The minimum Gasteiger partial charge on any atom is -0.396 e. The molecule has 0 bridgehead atoms. The van der Waals surface area contributed by atoms with Gasteiger partial charge in [-0.3, -0.25) is 0 Å². The van der Waals surface area contributed by atoms with Crippen molar-refractivity contribution in [3.63, 3.8) is 0 Å². The van der Waals surface area contributed by atoms with Gasteiger partial charge in [-0.1, -0.05) is 48.5 Å². The molecule has 0 aromatic heterocycles. The first-order chi connectivity index (χ1) is 10.9. The van der Waals surface area contributed by atoms with Crippen LogP contribution in [-0.4, -0.2) is 34.9 Å². The molecule has 0 atom stereocenters. The maximum atomic E-state index is 9.19. The summed E-state index contributed by atoms with van der Waals surface area (Å²) in [7, 11) is 0. The number of rotatable bonds is 6. The van der Waals surface area contributed by atoms with E-state index >= 15 is 0 Å². The van der Waals surface area contributed by atoms with Gasteiger partial charge in [0.25, 0.3) is 0 Å². The highest BCUT2D eigenvalue weighted by Gasteiger charge is 2.13. The highest BCUT2D eigenvalue weighted by molar-refractivity contribution is 8.00. The molecule has 3 aromatic carbocycles. The molecule has 0 fully saturated rings. The number of benzene rings is 3. The van der Waals surface area contributed by atoms with Crippen LogP contribution in [0.5, 0.6) is 0 Å². The van der Waals surface area contributed by atoms with E-state index < -0.39 is 0 Å². The topological polar surface area (TPSA) is 40.5 Å². The zero-order valence-electron chi connectivity index (χ0n) is 12.2. The zero-order chi connectivity index (χ0) is 15.4. The minimum atomic E-state index is 0.175. The molecule has 2 nitrogen and oxygen atoms in total. The molecule has 4 heteroatoms. The van der Waals surface area contributed by atoms with Crippen molar-refractivity contribution >= 4 is 45.1 Å². The predicted molar refractivity (Wildman–Crippen MR) is 97.1 cm³/mol. The monoisotopic (exact) mass is 330 g/mol. The molecule has 114 valence electrons. The molecule has 0 amide bonds. The van der Waals surface area contributed by atoms with Gasteiger partial charge in [-0.15, -0.1) is 23.5 Å². The van der Waals surface area contributed by atoms with Crippen molar-refractivity contribution in [1.82, 2.24) is 0 Å². The summed E-state index contributed by atoms with van der Waals surface area (Å²) in [6.07, 6.45) is 0. The van der Waals surface area contributed by atoms with E-state index in [9.17, 15) is 10.2 Å². The van der Waals surface area contributed by atoms with Crippen molar-refractivity contribution in [2.75, 3.05) is 24.7 Å². The molecule has 0 radical (unpaired) electrons. The quantitative estimate of drug-likeness (QED) is 0.526. The second kappa shape index (κ2) is 7.38. The summed E-state index contributed by atoms with van der Waals surface area (Å²) >= 11 is 3.41. The Bertz CT molecular complexity index is 663. The molecule has 0 aliphatic heterocycles. The van der Waals surface area contributed by atoms with Gasteiger partial charge >= 0.3 is 0 Å². The van der Waals surface area contributed by atoms with E-state index in [1.807, 2.05) is 0 Å². The lowest BCUT2D eigenvalue weighted by molar-refractivity contribution is 0.322. The van der Waals surface area contributed by atoms with Gasteiger partial charge in [0.05, 0.1) is 13.2 Å². The molecule has 3 aromatic rings. The molecular formula is C18H18O2S2. The lowest BCUT2D eigenvalue weighted by Gasteiger charge is -2.15. The summed E-state index contributed by atoms with van der Waals surface area (Å²) in [5.74, 6) is 1.38. The van der Waals surface area contributed by atoms with Crippen LogP contribution in [0.15, 0.2) is 58.3 Å². The van der Waals surface area contributed by atoms with Crippen molar-refractivity contribution in [2.24, 2.45) is 0 Å². The van der Waals surface area contributed by atoms with E-state index in [0.29, 0.717) is 11.5 Å². The third-order valence-corrected chi connectivity index (χ3v) is 5.74. The molecule has 0 heterocycles. The average Bonchev–Trinajstić information content (AvgIpc) is 2.58. The number of hydrogen-bond acceptors (Lipinski definition) is 4. The highest BCUT2D eigenvalue weighted by Crippen LogP contribution is 2.42. The first-order valence-electron chi connectivity index (χ1n) is 7.27. The first-order valence-corrected chi connectivity index (χ1v) is 9.24. The van der Waals surface area contributed by atoms with Crippen LogP contribution >= 0.6 is 23.5 Å². The van der Waals surface area contributed by atoms with Crippen LogP contribution in [0.4, 0.5) is 0 Å². The molecule has 0 spiro atoms. The Morgan fingerprint density at radius 3 is 1.18 bits per heavy atom. The smallest absolute Gasteiger partial charge is 0.0525 e. The van der Waals surface area contributed by atoms with E-state index in [1.54, 1.807) is 23.5 Å². The van der Waals surface area contributed by atoms with Crippen molar-refractivity contribution in [2.45, 2.75) is 9.79 Å². The summed E-state index contributed by atoms with van der Waals surface area (Å²) in [6.45, 7) is 0.350. The Balaban J connectivity index is 2.32. The number of aliphatic hydroxyl groups is 2. The first kappa shape index (κ1) is 15.7. The van der Waals surface area contributed by atoms with E-state index in [0.717, 1.165) is 0 Å². The van der Waals surface area contributed by atoms with Crippen molar-refractivity contribution in [3.05, 3.63) is 48.5 Å².